The highest BCUT2D eigenvalue weighted by molar-refractivity contribution is 5.16. The fourth-order valence-corrected chi connectivity index (χ4v) is 1.97. The first kappa shape index (κ1) is 7.59. The molecule has 1 aliphatic rings. The molecule has 2 nitrogen and oxygen atoms in total. The molecule has 0 unspecified atom stereocenters. The molecule has 0 atom stereocenters. The molecule has 0 amide bonds. The van der Waals surface area contributed by atoms with Crippen LogP contribution in [-0.2, 0) is 0 Å². The zero-order chi connectivity index (χ0) is 8.39. The van der Waals surface area contributed by atoms with Gasteiger partial charge in [0.15, 0.2) is 0 Å². The van der Waals surface area contributed by atoms with Crippen molar-refractivity contribution in [2.75, 3.05) is 0 Å². The van der Waals surface area contributed by atoms with Crippen LogP contribution in [0.4, 0.5) is 0 Å². The van der Waals surface area contributed by atoms with Crippen molar-refractivity contribution in [2.24, 2.45) is 0 Å². The summed E-state index contributed by atoms with van der Waals surface area (Å²) in [4.78, 5) is 13.6. The standard InChI is InChI=1S/C10H13NO/c12-10-7-9(5-6-11-10)8-3-1-2-4-8/h5-8H,1-4H2,(H,11,12). The van der Waals surface area contributed by atoms with Crippen molar-refractivity contribution in [2.45, 2.75) is 31.6 Å². The van der Waals surface area contributed by atoms with E-state index in [1.807, 2.05) is 6.07 Å². The molecule has 0 bridgehead atoms. The fourth-order valence-electron chi connectivity index (χ4n) is 1.97. The molecule has 64 valence electrons. The van der Waals surface area contributed by atoms with Gasteiger partial charge in [-0.15, -0.1) is 0 Å². The maximum atomic E-state index is 11.0. The van der Waals surface area contributed by atoms with E-state index in [2.05, 4.69) is 4.98 Å². The summed E-state index contributed by atoms with van der Waals surface area (Å²) < 4.78 is 0. The Bertz CT molecular complexity index is 310. The molecule has 0 spiro atoms. The first-order valence-electron chi connectivity index (χ1n) is 4.55. The number of aromatic nitrogens is 1. The molecule has 2 heteroatoms. The molecule has 0 saturated heterocycles. The molecule has 0 aromatic carbocycles. The molecular weight excluding hydrogens is 150 g/mol. The van der Waals surface area contributed by atoms with E-state index in [1.165, 1.54) is 31.2 Å². The van der Waals surface area contributed by atoms with Crippen molar-refractivity contribution in [1.82, 2.24) is 4.98 Å². The fraction of sp³-hybridized carbons (Fsp3) is 0.500. The minimum absolute atomic E-state index is 0.0272. The van der Waals surface area contributed by atoms with Crippen LogP contribution >= 0.6 is 0 Å². The molecule has 1 aromatic heterocycles. The van der Waals surface area contributed by atoms with Crippen molar-refractivity contribution >= 4 is 0 Å². The van der Waals surface area contributed by atoms with E-state index >= 15 is 0 Å². The summed E-state index contributed by atoms with van der Waals surface area (Å²) in [6, 6.07) is 3.76. The Hall–Kier alpha value is -1.05. The number of pyridine rings is 1. The third-order valence-corrected chi connectivity index (χ3v) is 2.63. The van der Waals surface area contributed by atoms with Crippen LogP contribution in [0.3, 0.4) is 0 Å². The predicted octanol–water partition coefficient (Wildman–Crippen LogP) is 2.03. The zero-order valence-electron chi connectivity index (χ0n) is 7.05. The molecule has 1 aliphatic carbocycles. The summed E-state index contributed by atoms with van der Waals surface area (Å²) in [5, 5.41) is 0. The Balaban J connectivity index is 2.27. The molecule has 12 heavy (non-hydrogen) atoms. The van der Waals surface area contributed by atoms with Gasteiger partial charge in [0.1, 0.15) is 0 Å². The Labute approximate surface area is 71.6 Å². The van der Waals surface area contributed by atoms with Gasteiger partial charge < -0.3 is 4.98 Å². The van der Waals surface area contributed by atoms with Crippen LogP contribution < -0.4 is 5.56 Å². The molecule has 1 saturated carbocycles. The van der Waals surface area contributed by atoms with E-state index in [4.69, 9.17) is 0 Å². The quantitative estimate of drug-likeness (QED) is 0.675. The number of rotatable bonds is 1. The van der Waals surface area contributed by atoms with E-state index in [0.29, 0.717) is 5.92 Å². The second kappa shape index (κ2) is 3.13. The summed E-state index contributed by atoms with van der Waals surface area (Å²) in [6.45, 7) is 0. The van der Waals surface area contributed by atoms with E-state index in [9.17, 15) is 4.79 Å². The van der Waals surface area contributed by atoms with Crippen LogP contribution in [0.15, 0.2) is 23.1 Å². The van der Waals surface area contributed by atoms with Crippen molar-refractivity contribution in [3.63, 3.8) is 0 Å². The molecule has 1 N–H and O–H groups in total. The minimum Gasteiger partial charge on any atom is -0.329 e. The third kappa shape index (κ3) is 1.42. The Morgan fingerprint density at radius 3 is 2.75 bits per heavy atom. The van der Waals surface area contributed by atoms with E-state index in [1.54, 1.807) is 12.3 Å². The third-order valence-electron chi connectivity index (χ3n) is 2.63. The molecule has 0 aliphatic heterocycles. The van der Waals surface area contributed by atoms with Crippen LogP contribution in [0, 0.1) is 0 Å². The van der Waals surface area contributed by atoms with E-state index in [0.717, 1.165) is 0 Å². The van der Waals surface area contributed by atoms with Gasteiger partial charge in [0, 0.05) is 12.3 Å². The van der Waals surface area contributed by atoms with Crippen LogP contribution in [0.1, 0.15) is 37.2 Å². The van der Waals surface area contributed by atoms with Gasteiger partial charge in [-0.05, 0) is 30.4 Å². The van der Waals surface area contributed by atoms with Gasteiger partial charge in [-0.1, -0.05) is 12.8 Å². The van der Waals surface area contributed by atoms with Crippen molar-refractivity contribution in [3.05, 3.63) is 34.2 Å². The van der Waals surface area contributed by atoms with E-state index < -0.39 is 0 Å². The lowest BCUT2D eigenvalue weighted by Crippen LogP contribution is -2.05. The number of aromatic amines is 1. The van der Waals surface area contributed by atoms with Gasteiger partial charge in [-0.25, -0.2) is 0 Å². The summed E-state index contributed by atoms with van der Waals surface area (Å²) >= 11 is 0. The van der Waals surface area contributed by atoms with Crippen molar-refractivity contribution in [3.8, 4) is 0 Å². The average Bonchev–Trinajstić information content (AvgIpc) is 2.56. The highest BCUT2D eigenvalue weighted by Crippen LogP contribution is 2.32. The molecule has 1 heterocycles. The molecular formula is C10H13NO. The number of hydrogen-bond acceptors (Lipinski definition) is 1. The second-order valence-corrected chi connectivity index (χ2v) is 3.47. The van der Waals surface area contributed by atoms with Crippen LogP contribution in [0.25, 0.3) is 0 Å². The summed E-state index contributed by atoms with van der Waals surface area (Å²) in [5.74, 6) is 0.646. The SMILES string of the molecule is O=c1cc(C2CCCC2)cc[nH]1. The Morgan fingerprint density at radius 2 is 2.08 bits per heavy atom. The number of H-pyrrole nitrogens is 1. The van der Waals surface area contributed by atoms with Gasteiger partial charge in [0.25, 0.3) is 0 Å². The maximum Gasteiger partial charge on any atom is 0.248 e. The highest BCUT2D eigenvalue weighted by Gasteiger charge is 2.16. The largest absolute Gasteiger partial charge is 0.329 e. The topological polar surface area (TPSA) is 32.9 Å². The number of nitrogens with one attached hydrogen (secondary N) is 1. The smallest absolute Gasteiger partial charge is 0.248 e. The Morgan fingerprint density at radius 1 is 1.33 bits per heavy atom. The predicted molar refractivity (Wildman–Crippen MR) is 48.3 cm³/mol. The lowest BCUT2D eigenvalue weighted by molar-refractivity contribution is 0.720. The first-order chi connectivity index (χ1) is 5.86. The normalized spacial score (nSPS) is 18.3. The molecule has 1 aromatic rings. The van der Waals surface area contributed by atoms with Gasteiger partial charge in [-0.2, -0.15) is 0 Å². The lowest BCUT2D eigenvalue weighted by atomic mass is 9.99. The summed E-state index contributed by atoms with van der Waals surface area (Å²) in [5.41, 5.74) is 1.25. The van der Waals surface area contributed by atoms with Crippen LogP contribution in [0.2, 0.25) is 0 Å². The van der Waals surface area contributed by atoms with E-state index in [-0.39, 0.29) is 5.56 Å². The van der Waals surface area contributed by atoms with Crippen LogP contribution in [0.5, 0.6) is 0 Å². The maximum absolute atomic E-state index is 11.0. The zero-order valence-corrected chi connectivity index (χ0v) is 7.05. The van der Waals surface area contributed by atoms with Gasteiger partial charge in [-0.3, -0.25) is 4.79 Å². The molecule has 1 fully saturated rings. The second-order valence-electron chi connectivity index (χ2n) is 3.47. The molecule has 2 rings (SSSR count). The number of hydrogen-bond donors (Lipinski definition) is 1. The summed E-state index contributed by atoms with van der Waals surface area (Å²) in [6.07, 6.45) is 6.89. The molecule has 0 radical (unpaired) electrons. The average molecular weight is 163 g/mol. The monoisotopic (exact) mass is 163 g/mol. The highest BCUT2D eigenvalue weighted by atomic mass is 16.1. The minimum atomic E-state index is 0.0272. The van der Waals surface area contributed by atoms with Crippen LogP contribution in [-0.4, -0.2) is 4.98 Å². The van der Waals surface area contributed by atoms with Crippen molar-refractivity contribution in [1.29, 1.82) is 0 Å². The van der Waals surface area contributed by atoms with Gasteiger partial charge in [0.2, 0.25) is 5.56 Å². The van der Waals surface area contributed by atoms with Crippen molar-refractivity contribution < 1.29 is 0 Å². The van der Waals surface area contributed by atoms with Gasteiger partial charge in [0.05, 0.1) is 0 Å². The summed E-state index contributed by atoms with van der Waals surface area (Å²) in [7, 11) is 0. The first-order valence-corrected chi connectivity index (χ1v) is 4.55. The Kier molecular flexibility index (Phi) is 1.98. The lowest BCUT2D eigenvalue weighted by Gasteiger charge is -2.06. The van der Waals surface area contributed by atoms with Gasteiger partial charge >= 0.3 is 0 Å².